The summed E-state index contributed by atoms with van der Waals surface area (Å²) in [7, 11) is 0. The van der Waals surface area contributed by atoms with Gasteiger partial charge in [0.1, 0.15) is 0 Å². The van der Waals surface area contributed by atoms with E-state index in [1.807, 2.05) is 23.2 Å². The lowest BCUT2D eigenvalue weighted by Crippen LogP contribution is -2.48. The molecule has 4 nitrogen and oxygen atoms in total. The third-order valence-electron chi connectivity index (χ3n) is 3.75. The first-order valence-electron chi connectivity index (χ1n) is 6.46. The molecule has 3 aliphatic rings. The number of aliphatic carboxylic acids is 1. The van der Waals surface area contributed by atoms with Gasteiger partial charge in [0, 0.05) is 16.6 Å². The largest absolute Gasteiger partial charge is 0.478 e. The van der Waals surface area contributed by atoms with E-state index in [0.717, 1.165) is 23.2 Å². The predicted octanol–water partition coefficient (Wildman–Crippen LogP) is 0.544. The Kier molecular flexibility index (Phi) is 2.15. The molecule has 20 heavy (non-hydrogen) atoms. The van der Waals surface area contributed by atoms with Crippen molar-refractivity contribution < 1.29 is 9.90 Å². The number of carboxylic acids is 1. The van der Waals surface area contributed by atoms with Crippen LogP contribution in [0.15, 0.2) is 60.3 Å². The van der Waals surface area contributed by atoms with E-state index in [9.17, 15) is 4.79 Å². The lowest BCUT2D eigenvalue weighted by molar-refractivity contribution is -0.132. The van der Waals surface area contributed by atoms with Gasteiger partial charge in [-0.1, -0.05) is 30.3 Å². The summed E-state index contributed by atoms with van der Waals surface area (Å²) in [5.41, 5.74) is 2.41. The van der Waals surface area contributed by atoms with E-state index in [0.29, 0.717) is 5.57 Å². The van der Waals surface area contributed by atoms with Gasteiger partial charge in [-0.25, -0.2) is 4.79 Å². The zero-order valence-electron chi connectivity index (χ0n) is 10.7. The summed E-state index contributed by atoms with van der Waals surface area (Å²) < 4.78 is 0. The van der Waals surface area contributed by atoms with E-state index in [-0.39, 0.29) is 0 Å². The number of hydrazine groups is 1. The van der Waals surface area contributed by atoms with Gasteiger partial charge in [0.05, 0.1) is 23.5 Å². The normalized spacial score (nSPS) is 18.7. The number of hydrogen-bond donors (Lipinski definition) is 1. The van der Waals surface area contributed by atoms with E-state index in [1.54, 1.807) is 12.3 Å². The highest BCUT2D eigenvalue weighted by Crippen LogP contribution is 2.27. The van der Waals surface area contributed by atoms with Gasteiger partial charge in [0.15, 0.2) is 0 Å². The molecule has 0 unspecified atom stereocenters. The van der Waals surface area contributed by atoms with Gasteiger partial charge < -0.3 is 5.11 Å². The SMILES string of the molecule is O=C(O)C1=CN2C(=c3ccccc3=C3C=CCN32)C=C1. The standard InChI is InChI=1S/C16H12N2O2/c19-16(20)11-7-8-15-13-5-2-1-4-12(13)14-6-3-9-17(14)18(15)10-11/h1-8,10H,9H2,(H,19,20). The molecule has 4 heteroatoms. The lowest BCUT2D eigenvalue weighted by atomic mass is 10.1. The van der Waals surface area contributed by atoms with Gasteiger partial charge >= 0.3 is 5.97 Å². The summed E-state index contributed by atoms with van der Waals surface area (Å²) in [4.78, 5) is 11.2. The van der Waals surface area contributed by atoms with Crippen molar-refractivity contribution >= 4 is 17.4 Å². The minimum Gasteiger partial charge on any atom is -0.478 e. The smallest absolute Gasteiger partial charge is 0.337 e. The van der Waals surface area contributed by atoms with Gasteiger partial charge in [-0.2, -0.15) is 0 Å². The predicted molar refractivity (Wildman–Crippen MR) is 75.1 cm³/mol. The molecule has 3 heterocycles. The molecule has 0 radical (unpaired) electrons. The Bertz CT molecular complexity index is 830. The van der Waals surface area contributed by atoms with Crippen LogP contribution in [0.25, 0.3) is 11.4 Å². The zero-order chi connectivity index (χ0) is 13.7. The van der Waals surface area contributed by atoms with Crippen molar-refractivity contribution in [2.24, 2.45) is 0 Å². The van der Waals surface area contributed by atoms with Crippen molar-refractivity contribution in [3.8, 4) is 0 Å². The van der Waals surface area contributed by atoms with Gasteiger partial charge in [-0.3, -0.25) is 10.0 Å². The summed E-state index contributed by atoms with van der Waals surface area (Å²) in [5, 5.41) is 15.5. The van der Waals surface area contributed by atoms with Crippen LogP contribution in [-0.2, 0) is 4.79 Å². The van der Waals surface area contributed by atoms with Crippen LogP contribution in [-0.4, -0.2) is 27.6 Å². The Morgan fingerprint density at radius 1 is 1.05 bits per heavy atom. The Morgan fingerprint density at radius 2 is 1.80 bits per heavy atom. The van der Waals surface area contributed by atoms with Crippen LogP contribution in [0.3, 0.4) is 0 Å². The number of carboxylic acid groups (broad SMARTS) is 1. The maximum Gasteiger partial charge on any atom is 0.337 e. The zero-order valence-corrected chi connectivity index (χ0v) is 10.7. The van der Waals surface area contributed by atoms with E-state index in [2.05, 4.69) is 29.3 Å². The van der Waals surface area contributed by atoms with E-state index >= 15 is 0 Å². The molecule has 0 amide bonds. The quantitative estimate of drug-likeness (QED) is 0.804. The highest BCUT2D eigenvalue weighted by molar-refractivity contribution is 5.91. The Labute approximate surface area is 115 Å². The fourth-order valence-electron chi connectivity index (χ4n) is 2.84. The van der Waals surface area contributed by atoms with E-state index in [1.165, 1.54) is 5.22 Å². The first-order valence-corrected chi connectivity index (χ1v) is 6.46. The van der Waals surface area contributed by atoms with Crippen molar-refractivity contribution in [2.45, 2.75) is 0 Å². The van der Waals surface area contributed by atoms with Crippen molar-refractivity contribution in [3.63, 3.8) is 0 Å². The summed E-state index contributed by atoms with van der Waals surface area (Å²) >= 11 is 0. The fraction of sp³-hybridized carbons (Fsp3) is 0.0625. The van der Waals surface area contributed by atoms with Crippen molar-refractivity contribution in [1.29, 1.82) is 0 Å². The molecule has 1 aromatic carbocycles. The number of nitrogens with zero attached hydrogens (tertiary/aromatic N) is 2. The maximum absolute atomic E-state index is 11.2. The summed E-state index contributed by atoms with van der Waals surface area (Å²) in [6, 6.07) is 8.20. The van der Waals surface area contributed by atoms with E-state index in [4.69, 9.17) is 5.11 Å². The highest BCUT2D eigenvalue weighted by Gasteiger charge is 2.27. The van der Waals surface area contributed by atoms with Crippen LogP contribution >= 0.6 is 0 Å². The highest BCUT2D eigenvalue weighted by atomic mass is 16.4. The Morgan fingerprint density at radius 3 is 2.55 bits per heavy atom. The lowest BCUT2D eigenvalue weighted by Gasteiger charge is -2.38. The Hall–Kier alpha value is -2.75. The molecule has 98 valence electrons. The fourth-order valence-corrected chi connectivity index (χ4v) is 2.84. The topological polar surface area (TPSA) is 43.8 Å². The minimum absolute atomic E-state index is 0.291. The van der Waals surface area contributed by atoms with Gasteiger partial charge in [-0.05, 0) is 18.2 Å². The van der Waals surface area contributed by atoms with Crippen LogP contribution in [0.1, 0.15) is 0 Å². The van der Waals surface area contributed by atoms with Gasteiger partial charge in [-0.15, -0.1) is 0 Å². The molecule has 0 bridgehead atoms. The first kappa shape index (κ1) is 11.1. The van der Waals surface area contributed by atoms with Crippen molar-refractivity contribution in [1.82, 2.24) is 10.0 Å². The first-order chi connectivity index (χ1) is 9.75. The molecule has 0 fully saturated rings. The summed E-state index contributed by atoms with van der Waals surface area (Å²) in [6.07, 6.45) is 9.38. The van der Waals surface area contributed by atoms with Crippen LogP contribution < -0.4 is 10.4 Å². The van der Waals surface area contributed by atoms with Crippen LogP contribution in [0.2, 0.25) is 0 Å². The molecule has 0 saturated carbocycles. The van der Waals surface area contributed by atoms with Crippen LogP contribution in [0.5, 0.6) is 0 Å². The minimum atomic E-state index is -0.909. The van der Waals surface area contributed by atoms with Gasteiger partial charge in [0.2, 0.25) is 0 Å². The van der Waals surface area contributed by atoms with Crippen LogP contribution in [0.4, 0.5) is 0 Å². The monoisotopic (exact) mass is 264 g/mol. The second-order valence-corrected chi connectivity index (χ2v) is 4.87. The molecule has 4 rings (SSSR count). The number of rotatable bonds is 1. The van der Waals surface area contributed by atoms with Gasteiger partial charge in [0.25, 0.3) is 0 Å². The second kappa shape index (κ2) is 3.87. The van der Waals surface area contributed by atoms with E-state index < -0.39 is 5.97 Å². The summed E-state index contributed by atoms with van der Waals surface area (Å²) in [6.45, 7) is 0.754. The molecule has 0 atom stereocenters. The Balaban J connectivity index is 2.05. The molecule has 0 spiro atoms. The molecule has 0 aliphatic carbocycles. The molecule has 1 N–H and O–H groups in total. The molecule has 0 aromatic heterocycles. The third-order valence-corrected chi connectivity index (χ3v) is 3.75. The molecule has 1 aromatic rings. The number of hydrogen-bond acceptors (Lipinski definition) is 3. The number of benzene rings is 1. The third kappa shape index (κ3) is 1.39. The maximum atomic E-state index is 11.2. The average Bonchev–Trinajstić information content (AvgIpc) is 2.96. The molecular weight excluding hydrogens is 252 g/mol. The number of carbonyl (C=O) groups is 1. The van der Waals surface area contributed by atoms with Crippen LogP contribution in [0, 0.1) is 0 Å². The molecule has 3 aliphatic heterocycles. The van der Waals surface area contributed by atoms with Crippen molar-refractivity contribution in [2.75, 3.05) is 6.54 Å². The summed E-state index contributed by atoms with van der Waals surface area (Å²) in [5.74, 6) is -0.909. The molecular formula is C16H12N2O2. The van der Waals surface area contributed by atoms with Crippen molar-refractivity contribution in [3.05, 3.63) is 70.8 Å². The number of fused-ring (bicyclic) bond motifs is 4. The second-order valence-electron chi connectivity index (χ2n) is 4.87. The average molecular weight is 264 g/mol. The molecule has 0 saturated heterocycles.